The van der Waals surface area contributed by atoms with Crippen LogP contribution in [0.1, 0.15) is 21.5 Å². The predicted molar refractivity (Wildman–Crippen MR) is 136 cm³/mol. The Morgan fingerprint density at radius 1 is 1.03 bits per heavy atom. The summed E-state index contributed by atoms with van der Waals surface area (Å²) in [5.74, 6) is -0.305. The summed E-state index contributed by atoms with van der Waals surface area (Å²) in [4.78, 5) is 12.4. The van der Waals surface area contributed by atoms with E-state index >= 15 is 0 Å². The van der Waals surface area contributed by atoms with E-state index in [2.05, 4.69) is 20.8 Å². The van der Waals surface area contributed by atoms with Crippen molar-refractivity contribution in [3.05, 3.63) is 76.2 Å². The lowest BCUT2D eigenvalue weighted by Gasteiger charge is -2.17. The third kappa shape index (κ3) is 5.09. The highest BCUT2D eigenvalue weighted by molar-refractivity contribution is 7.91. The maximum atomic E-state index is 13.0. The number of carbonyl (C=O) groups is 1. The van der Waals surface area contributed by atoms with Gasteiger partial charge < -0.3 is 15.6 Å². The highest BCUT2D eigenvalue weighted by Crippen LogP contribution is 2.34. The second-order valence-corrected chi connectivity index (χ2v) is 9.18. The number of aryl methyl sites for hydroxylation is 1. The van der Waals surface area contributed by atoms with Gasteiger partial charge in [0.25, 0.3) is 10.1 Å². The second kappa shape index (κ2) is 9.60. The summed E-state index contributed by atoms with van der Waals surface area (Å²) in [6, 6.07) is 13.8. The van der Waals surface area contributed by atoms with Crippen LogP contribution >= 0.6 is 0 Å². The van der Waals surface area contributed by atoms with Crippen LogP contribution in [0.4, 0.5) is 22.7 Å². The molecule has 1 aliphatic rings. The molecule has 0 spiro atoms. The Labute approximate surface area is 206 Å². The van der Waals surface area contributed by atoms with Crippen molar-refractivity contribution in [2.75, 3.05) is 18.3 Å². The number of phenolic OH excluding ortho intramolecular Hbond substituents is 1. The zero-order chi connectivity index (χ0) is 26.0. The number of hydrogen-bond donors (Lipinski definition) is 4. The van der Waals surface area contributed by atoms with Crippen LogP contribution in [-0.4, -0.2) is 36.7 Å². The molecule has 0 aromatic heterocycles. The van der Waals surface area contributed by atoms with Crippen molar-refractivity contribution in [1.82, 2.24) is 0 Å². The molecule has 184 valence electrons. The third-order valence-electron chi connectivity index (χ3n) is 5.26. The molecule has 0 saturated heterocycles. The number of Topliss-reactive ketones (excluding diaryl/α,β-unsaturated/α-hetero) is 1. The number of nitrogen functional groups attached to an aromatic ring is 1. The van der Waals surface area contributed by atoms with Gasteiger partial charge in [-0.25, -0.2) is 0 Å². The molecule has 0 fully saturated rings. The van der Waals surface area contributed by atoms with Crippen molar-refractivity contribution < 1.29 is 27.6 Å². The van der Waals surface area contributed by atoms with Gasteiger partial charge in [-0.05, 0) is 72.7 Å². The van der Waals surface area contributed by atoms with E-state index in [4.69, 9.17) is 10.5 Å². The van der Waals surface area contributed by atoms with E-state index in [1.54, 1.807) is 31.2 Å². The van der Waals surface area contributed by atoms with Crippen LogP contribution in [0.25, 0.3) is 6.08 Å². The largest absolute Gasteiger partial charge is 0.508 e. The van der Waals surface area contributed by atoms with Crippen LogP contribution in [-0.2, 0) is 10.1 Å². The minimum Gasteiger partial charge on any atom is -0.508 e. The van der Waals surface area contributed by atoms with Crippen LogP contribution in [0.3, 0.4) is 0 Å². The number of fused-ring (bicyclic) bond motifs is 1. The molecular formula is C24H21N5O6S. The molecule has 0 heterocycles. The van der Waals surface area contributed by atoms with E-state index in [1.807, 2.05) is 0 Å². The first kappa shape index (κ1) is 24.6. The lowest BCUT2D eigenvalue weighted by atomic mass is 9.94. The molecule has 11 nitrogen and oxygen atoms in total. The molecule has 5 N–H and O–H groups in total. The first-order valence-corrected chi connectivity index (χ1v) is 11.9. The molecule has 12 heteroatoms. The smallest absolute Gasteiger partial charge is 0.296 e. The van der Waals surface area contributed by atoms with Crippen LogP contribution in [0, 0.1) is 6.92 Å². The van der Waals surface area contributed by atoms with E-state index in [9.17, 15) is 22.9 Å². The molecule has 1 aliphatic carbocycles. The highest BCUT2D eigenvalue weighted by Gasteiger charge is 2.33. The van der Waals surface area contributed by atoms with Gasteiger partial charge in [0.2, 0.25) is 5.78 Å². The Kier molecular flexibility index (Phi) is 6.55. The summed E-state index contributed by atoms with van der Waals surface area (Å²) in [5, 5.41) is 21.7. The topological polar surface area (TPSA) is 176 Å². The molecule has 0 atom stereocenters. The van der Waals surface area contributed by atoms with Crippen molar-refractivity contribution in [2.45, 2.75) is 6.92 Å². The van der Waals surface area contributed by atoms with Gasteiger partial charge in [-0.2, -0.15) is 23.7 Å². The fourth-order valence-corrected chi connectivity index (χ4v) is 4.11. The molecular weight excluding hydrogens is 486 g/mol. The first-order chi connectivity index (χ1) is 17.1. The fraction of sp³-hybridized carbons (Fsp3) is 0.0833. The van der Waals surface area contributed by atoms with Gasteiger partial charge in [0.1, 0.15) is 16.4 Å². The van der Waals surface area contributed by atoms with Gasteiger partial charge in [-0.15, -0.1) is 0 Å². The number of aromatic hydroxyl groups is 1. The van der Waals surface area contributed by atoms with Crippen LogP contribution in [0.15, 0.2) is 74.8 Å². The van der Waals surface area contributed by atoms with E-state index in [-0.39, 0.29) is 16.9 Å². The van der Waals surface area contributed by atoms with Crippen molar-refractivity contribution in [1.29, 1.82) is 0 Å². The van der Waals surface area contributed by atoms with Crippen molar-refractivity contribution >= 4 is 50.4 Å². The Bertz CT molecular complexity index is 1560. The number of ether oxygens (including phenoxy) is 1. The van der Waals surface area contributed by atoms with Crippen molar-refractivity contribution in [3.63, 3.8) is 0 Å². The minimum atomic E-state index is -4.78. The molecule has 0 unspecified atom stereocenters. The molecule has 0 radical (unpaired) electrons. The second-order valence-electron chi connectivity index (χ2n) is 7.79. The number of carbonyl (C=O) groups excluding carboxylic acids is 1. The Morgan fingerprint density at radius 3 is 2.42 bits per heavy atom. The average Bonchev–Trinajstić information content (AvgIpc) is 2.83. The standard InChI is InChI=1S/C24H21N5O6S/c1-13-9-20(21(35-2)12-19(13)27-26-16-4-6-17(30)7-5-16)28-29-23-22(36(32,33)34)11-14-10-15(25)3-8-18(14)24(23)31/h3-12,28,30H,25H2,1-2H3,(H,32,33,34)/b27-26+,29-23-. The molecule has 0 bridgehead atoms. The van der Waals surface area contributed by atoms with Crippen molar-refractivity contribution in [2.24, 2.45) is 15.3 Å². The number of azo groups is 1. The van der Waals surface area contributed by atoms with E-state index in [0.717, 1.165) is 6.08 Å². The van der Waals surface area contributed by atoms with E-state index in [1.165, 1.54) is 37.4 Å². The number of hydrogen-bond acceptors (Lipinski definition) is 10. The zero-order valence-corrected chi connectivity index (χ0v) is 19.9. The van der Waals surface area contributed by atoms with Crippen LogP contribution in [0.2, 0.25) is 0 Å². The summed E-state index contributed by atoms with van der Waals surface area (Å²) in [6.45, 7) is 1.76. The molecule has 0 aliphatic heterocycles. The predicted octanol–water partition coefficient (Wildman–Crippen LogP) is 4.60. The quantitative estimate of drug-likeness (QED) is 0.162. The van der Waals surface area contributed by atoms with Gasteiger partial charge in [-0.3, -0.25) is 14.8 Å². The molecule has 3 aromatic carbocycles. The Balaban J connectivity index is 1.69. The number of hydrazone groups is 1. The molecule has 0 saturated carbocycles. The molecule has 4 rings (SSSR count). The number of rotatable bonds is 6. The number of nitrogens with zero attached hydrogens (tertiary/aromatic N) is 3. The van der Waals surface area contributed by atoms with E-state index in [0.29, 0.717) is 34.1 Å². The van der Waals surface area contributed by atoms with Gasteiger partial charge in [-0.1, -0.05) is 0 Å². The summed E-state index contributed by atoms with van der Waals surface area (Å²) in [5.41, 5.74) is 10.7. The van der Waals surface area contributed by atoms with Gasteiger partial charge in [0, 0.05) is 17.3 Å². The molecule has 3 aromatic rings. The van der Waals surface area contributed by atoms with Crippen LogP contribution in [0.5, 0.6) is 11.5 Å². The number of methoxy groups -OCH3 is 1. The number of nitrogens with one attached hydrogen (secondary N) is 1. The van der Waals surface area contributed by atoms with Gasteiger partial charge in [0.05, 0.1) is 24.2 Å². The molecule has 36 heavy (non-hydrogen) atoms. The Morgan fingerprint density at radius 2 is 1.75 bits per heavy atom. The third-order valence-corrected chi connectivity index (χ3v) is 6.13. The maximum absolute atomic E-state index is 13.0. The molecule has 0 amide bonds. The average molecular weight is 508 g/mol. The number of nitrogens with two attached hydrogens (primary N) is 1. The Hall–Kier alpha value is -4.55. The van der Waals surface area contributed by atoms with Crippen molar-refractivity contribution in [3.8, 4) is 11.5 Å². The zero-order valence-electron chi connectivity index (χ0n) is 19.1. The normalized spacial score (nSPS) is 14.6. The number of benzene rings is 3. The lowest BCUT2D eigenvalue weighted by Crippen LogP contribution is -2.27. The van der Waals surface area contributed by atoms with Gasteiger partial charge in [0.15, 0.2) is 5.71 Å². The number of allylic oxidation sites excluding steroid dienone is 1. The number of anilines is 2. The monoisotopic (exact) mass is 507 g/mol. The highest BCUT2D eigenvalue weighted by atomic mass is 32.2. The lowest BCUT2D eigenvalue weighted by molar-refractivity contribution is 0.106. The number of ketones is 1. The SMILES string of the molecule is COc1cc(/N=N/c2ccc(O)cc2)c(C)cc1N/N=C1\C(=O)c2ccc(N)cc2C=C1S(=O)(=O)O. The number of phenols is 1. The van der Waals surface area contributed by atoms with Crippen LogP contribution < -0.4 is 15.9 Å². The summed E-state index contributed by atoms with van der Waals surface area (Å²) in [7, 11) is -3.36. The summed E-state index contributed by atoms with van der Waals surface area (Å²) >= 11 is 0. The fourth-order valence-electron chi connectivity index (χ4n) is 3.45. The minimum absolute atomic E-state index is 0.111. The summed E-state index contributed by atoms with van der Waals surface area (Å²) in [6.07, 6.45) is 1.14. The van der Waals surface area contributed by atoms with E-state index < -0.39 is 26.5 Å². The first-order valence-electron chi connectivity index (χ1n) is 10.4. The maximum Gasteiger partial charge on any atom is 0.296 e. The van der Waals surface area contributed by atoms with Gasteiger partial charge >= 0.3 is 0 Å². The summed E-state index contributed by atoms with van der Waals surface area (Å²) < 4.78 is 39.1.